The fourth-order valence-corrected chi connectivity index (χ4v) is 4.22. The number of halogens is 1. The van der Waals surface area contributed by atoms with Gasteiger partial charge in [-0.2, -0.15) is 0 Å². The van der Waals surface area contributed by atoms with E-state index in [1.54, 1.807) is 25.1 Å². The van der Waals surface area contributed by atoms with E-state index < -0.39 is 23.5 Å². The number of carbonyl (C=O) groups is 2. The van der Waals surface area contributed by atoms with Crippen LogP contribution in [0.1, 0.15) is 56.3 Å². The summed E-state index contributed by atoms with van der Waals surface area (Å²) in [4.78, 5) is 29.9. The van der Waals surface area contributed by atoms with Crippen molar-refractivity contribution in [3.63, 3.8) is 0 Å². The Labute approximate surface area is 207 Å². The summed E-state index contributed by atoms with van der Waals surface area (Å²) in [5.41, 5.74) is 1.24. The van der Waals surface area contributed by atoms with E-state index in [0.29, 0.717) is 36.6 Å². The lowest BCUT2D eigenvalue weighted by molar-refractivity contribution is -0.140. The molecule has 2 aromatic rings. The van der Waals surface area contributed by atoms with Gasteiger partial charge < -0.3 is 19.6 Å². The van der Waals surface area contributed by atoms with Crippen LogP contribution in [0.5, 0.6) is 5.75 Å². The van der Waals surface area contributed by atoms with Gasteiger partial charge >= 0.3 is 0 Å². The minimum atomic E-state index is -0.778. The number of carbonyl (C=O) groups excluding carboxylic acids is 2. The van der Waals surface area contributed by atoms with Crippen molar-refractivity contribution in [1.82, 2.24) is 9.80 Å². The van der Waals surface area contributed by atoms with Gasteiger partial charge in [0.05, 0.1) is 18.2 Å². The van der Waals surface area contributed by atoms with Crippen molar-refractivity contribution in [2.45, 2.75) is 46.6 Å². The Morgan fingerprint density at radius 1 is 1.09 bits per heavy atom. The maximum atomic E-state index is 14.2. The molecule has 0 spiro atoms. The van der Waals surface area contributed by atoms with Crippen molar-refractivity contribution in [2.24, 2.45) is 0 Å². The lowest BCUT2D eigenvalue weighted by Gasteiger charge is -2.28. The third kappa shape index (κ3) is 5.90. The second-order valence-electron chi connectivity index (χ2n) is 8.75. The molecule has 3 rings (SSSR count). The van der Waals surface area contributed by atoms with Crippen LogP contribution in [0.3, 0.4) is 0 Å². The van der Waals surface area contributed by atoms with E-state index in [1.807, 2.05) is 26.0 Å². The molecular formula is C28H35FN2O4. The van der Waals surface area contributed by atoms with E-state index in [2.05, 4.69) is 11.8 Å². The number of ketones is 1. The first-order chi connectivity index (χ1) is 16.8. The fraction of sp³-hybridized carbons (Fsp3) is 0.429. The Hall–Kier alpha value is -3.19. The summed E-state index contributed by atoms with van der Waals surface area (Å²) in [7, 11) is 0. The molecule has 35 heavy (non-hydrogen) atoms. The van der Waals surface area contributed by atoms with E-state index in [0.717, 1.165) is 25.9 Å². The summed E-state index contributed by atoms with van der Waals surface area (Å²) in [5.74, 6) is -1.60. The zero-order chi connectivity index (χ0) is 25.5. The van der Waals surface area contributed by atoms with Crippen molar-refractivity contribution in [1.29, 1.82) is 0 Å². The molecule has 0 aromatic heterocycles. The minimum Gasteiger partial charge on any atom is -0.507 e. The smallest absolute Gasteiger partial charge is 0.295 e. The number of aliphatic hydroxyl groups excluding tert-OH is 1. The molecule has 1 aliphatic rings. The second kappa shape index (κ2) is 12.0. The molecule has 188 valence electrons. The Balaban J connectivity index is 2.04. The number of aryl methyl sites for hydroxylation is 1. The number of aliphatic hydroxyl groups is 1. The van der Waals surface area contributed by atoms with Gasteiger partial charge in [-0.25, -0.2) is 4.39 Å². The third-order valence-corrected chi connectivity index (χ3v) is 6.50. The number of unbranched alkanes of at least 4 members (excludes halogenated alkanes) is 1. The summed E-state index contributed by atoms with van der Waals surface area (Å²) in [6.07, 6.45) is 1.97. The summed E-state index contributed by atoms with van der Waals surface area (Å²) in [6, 6.07) is 10.7. The molecule has 0 saturated carbocycles. The van der Waals surface area contributed by atoms with Crippen LogP contribution in [-0.2, 0) is 9.59 Å². The molecule has 1 heterocycles. The maximum absolute atomic E-state index is 14.2. The fourth-order valence-electron chi connectivity index (χ4n) is 4.22. The molecule has 6 nitrogen and oxygen atoms in total. The standard InChI is InChI=1S/C28H35FN2O4/c1-5-8-17-35-22-13-11-20(12-14-22)25-24(26(32)21-10-9-19(4)23(29)18-21)27(33)28(34)31(25)16-15-30(6-2)7-3/h9-14,18,25,32H,5-8,15-17H2,1-4H3/b26-24-. The molecule has 1 fully saturated rings. The number of ether oxygens (including phenoxy) is 1. The van der Waals surface area contributed by atoms with E-state index in [4.69, 9.17) is 4.74 Å². The summed E-state index contributed by atoms with van der Waals surface area (Å²) in [5, 5.41) is 11.1. The predicted octanol–water partition coefficient (Wildman–Crippen LogP) is 5.08. The van der Waals surface area contributed by atoms with Crippen LogP contribution in [0.2, 0.25) is 0 Å². The second-order valence-corrected chi connectivity index (χ2v) is 8.75. The van der Waals surface area contributed by atoms with Crippen molar-refractivity contribution in [2.75, 3.05) is 32.8 Å². The molecular weight excluding hydrogens is 447 g/mol. The SMILES string of the molecule is CCCCOc1ccc(C2/C(=C(/O)c3ccc(C)c(F)c3)C(=O)C(=O)N2CCN(CC)CC)cc1. The van der Waals surface area contributed by atoms with Crippen molar-refractivity contribution in [3.8, 4) is 5.75 Å². The monoisotopic (exact) mass is 482 g/mol. The number of nitrogens with zero attached hydrogens (tertiary/aromatic N) is 2. The summed E-state index contributed by atoms with van der Waals surface area (Å²) >= 11 is 0. The largest absolute Gasteiger partial charge is 0.507 e. The number of amides is 1. The lowest BCUT2D eigenvalue weighted by atomic mass is 9.95. The lowest BCUT2D eigenvalue weighted by Crippen LogP contribution is -2.38. The van der Waals surface area contributed by atoms with E-state index >= 15 is 0 Å². The average molecular weight is 483 g/mol. The molecule has 0 aliphatic carbocycles. The Morgan fingerprint density at radius 3 is 2.37 bits per heavy atom. The van der Waals surface area contributed by atoms with Crippen LogP contribution in [0, 0.1) is 12.7 Å². The zero-order valence-electron chi connectivity index (χ0n) is 21.0. The van der Waals surface area contributed by atoms with Gasteiger partial charge in [0, 0.05) is 18.7 Å². The highest BCUT2D eigenvalue weighted by atomic mass is 19.1. The van der Waals surface area contributed by atoms with E-state index in [-0.39, 0.29) is 16.9 Å². The first kappa shape index (κ1) is 26.4. The number of hydrogen-bond donors (Lipinski definition) is 1. The van der Waals surface area contributed by atoms with Crippen LogP contribution < -0.4 is 4.74 Å². The predicted molar refractivity (Wildman–Crippen MR) is 135 cm³/mol. The van der Waals surface area contributed by atoms with Crippen LogP contribution in [-0.4, -0.2) is 59.4 Å². The van der Waals surface area contributed by atoms with Gasteiger partial charge in [0.2, 0.25) is 0 Å². The van der Waals surface area contributed by atoms with Gasteiger partial charge in [-0.15, -0.1) is 0 Å². The van der Waals surface area contributed by atoms with Gasteiger partial charge in [0.25, 0.3) is 11.7 Å². The summed E-state index contributed by atoms with van der Waals surface area (Å²) in [6.45, 7) is 10.9. The Morgan fingerprint density at radius 2 is 1.77 bits per heavy atom. The van der Waals surface area contributed by atoms with Gasteiger partial charge in [-0.05, 0) is 55.8 Å². The molecule has 0 bridgehead atoms. The van der Waals surface area contributed by atoms with E-state index in [9.17, 15) is 19.1 Å². The van der Waals surface area contributed by atoms with Crippen LogP contribution in [0.15, 0.2) is 48.0 Å². The highest BCUT2D eigenvalue weighted by Gasteiger charge is 2.46. The highest BCUT2D eigenvalue weighted by Crippen LogP contribution is 2.39. The van der Waals surface area contributed by atoms with Gasteiger partial charge in [0.15, 0.2) is 0 Å². The number of benzene rings is 2. The zero-order valence-corrected chi connectivity index (χ0v) is 21.0. The number of Topliss-reactive ketones (excluding diaryl/α,β-unsaturated/α-hetero) is 1. The Bertz CT molecular complexity index is 1080. The maximum Gasteiger partial charge on any atom is 0.295 e. The quantitative estimate of drug-likeness (QED) is 0.209. The van der Waals surface area contributed by atoms with Gasteiger partial charge in [-0.3, -0.25) is 9.59 Å². The number of hydrogen-bond acceptors (Lipinski definition) is 5. The molecule has 1 N–H and O–H groups in total. The van der Waals surface area contributed by atoms with Crippen LogP contribution in [0.4, 0.5) is 4.39 Å². The van der Waals surface area contributed by atoms with Crippen molar-refractivity contribution < 1.29 is 23.8 Å². The van der Waals surface area contributed by atoms with Gasteiger partial charge in [-0.1, -0.05) is 51.5 Å². The molecule has 2 aromatic carbocycles. The topological polar surface area (TPSA) is 70.1 Å². The molecule has 1 aliphatic heterocycles. The molecule has 1 atom stereocenters. The van der Waals surface area contributed by atoms with E-state index in [1.165, 1.54) is 17.0 Å². The third-order valence-electron chi connectivity index (χ3n) is 6.50. The molecule has 1 unspecified atom stereocenters. The molecule has 1 amide bonds. The highest BCUT2D eigenvalue weighted by molar-refractivity contribution is 6.46. The van der Waals surface area contributed by atoms with Crippen molar-refractivity contribution >= 4 is 17.4 Å². The normalized spacial score (nSPS) is 17.4. The van der Waals surface area contributed by atoms with Crippen molar-refractivity contribution in [3.05, 3.63) is 70.5 Å². The summed E-state index contributed by atoms with van der Waals surface area (Å²) < 4.78 is 20.0. The number of rotatable bonds is 11. The van der Waals surface area contributed by atoms with Crippen LogP contribution >= 0.6 is 0 Å². The first-order valence-electron chi connectivity index (χ1n) is 12.3. The molecule has 0 radical (unpaired) electrons. The average Bonchev–Trinajstić information content (AvgIpc) is 3.11. The number of likely N-dealkylation sites (N-methyl/N-ethyl adjacent to an activating group) is 1. The molecule has 7 heteroatoms. The first-order valence-corrected chi connectivity index (χ1v) is 12.3. The van der Waals surface area contributed by atoms with Crippen LogP contribution in [0.25, 0.3) is 5.76 Å². The van der Waals surface area contributed by atoms with Gasteiger partial charge in [0.1, 0.15) is 17.3 Å². The number of likely N-dealkylation sites (tertiary alicyclic amines) is 1. The Kier molecular flexibility index (Phi) is 9.04. The minimum absolute atomic E-state index is 0.0301. The molecule has 1 saturated heterocycles.